The highest BCUT2D eigenvalue weighted by Gasteiger charge is 2.13. The molecule has 0 radical (unpaired) electrons. The average molecular weight is 314 g/mol. The molecule has 0 spiro atoms. The van der Waals surface area contributed by atoms with Gasteiger partial charge in [0.25, 0.3) is 0 Å². The lowest BCUT2D eigenvalue weighted by atomic mass is 10.0. The van der Waals surface area contributed by atoms with Crippen LogP contribution in [-0.4, -0.2) is 32.0 Å². The molecule has 6 nitrogen and oxygen atoms in total. The number of ketones is 1. The van der Waals surface area contributed by atoms with E-state index in [0.717, 1.165) is 11.3 Å². The molecule has 106 valence electrons. The number of nitrogens with zero attached hydrogens (tertiary/aromatic N) is 4. The van der Waals surface area contributed by atoms with Gasteiger partial charge in [0.05, 0.1) is 11.7 Å². The number of aryl methyl sites for hydroxylation is 1. The predicted octanol–water partition coefficient (Wildman–Crippen LogP) is 1.95. The molecule has 0 aliphatic rings. The Labute approximate surface area is 126 Å². The first-order chi connectivity index (χ1) is 9.61. The molecule has 20 heavy (non-hydrogen) atoms. The van der Waals surface area contributed by atoms with Gasteiger partial charge in [-0.05, 0) is 59.3 Å². The third-order valence-corrected chi connectivity index (χ3v) is 3.49. The van der Waals surface area contributed by atoms with Crippen LogP contribution in [0.3, 0.4) is 0 Å². The molecule has 0 unspecified atom stereocenters. The van der Waals surface area contributed by atoms with Crippen LogP contribution in [0.5, 0.6) is 0 Å². The number of halogens is 2. The Bertz CT molecular complexity index is 588. The number of carbonyl (C=O) groups is 1. The Balaban J connectivity index is 2.18. The largest absolute Gasteiger partial charge is 0.298 e. The number of aromatic nitrogens is 4. The SMILES string of the molecule is C[C@H](NCl)C(=O)CCc1cc(Cl)ccc1-n1cnnn1. The van der Waals surface area contributed by atoms with Crippen LogP contribution in [0.25, 0.3) is 5.69 Å². The number of nitrogens with one attached hydrogen (secondary N) is 1. The second kappa shape index (κ2) is 6.78. The molecule has 0 aliphatic heterocycles. The van der Waals surface area contributed by atoms with E-state index in [1.807, 2.05) is 12.1 Å². The summed E-state index contributed by atoms with van der Waals surface area (Å²) in [7, 11) is 0. The summed E-state index contributed by atoms with van der Waals surface area (Å²) in [5.41, 5.74) is 1.71. The van der Waals surface area contributed by atoms with E-state index in [1.165, 1.54) is 6.33 Å². The predicted molar refractivity (Wildman–Crippen MR) is 75.9 cm³/mol. The van der Waals surface area contributed by atoms with Crippen molar-refractivity contribution in [2.45, 2.75) is 25.8 Å². The van der Waals surface area contributed by atoms with Crippen molar-refractivity contribution in [2.24, 2.45) is 0 Å². The lowest BCUT2D eigenvalue weighted by molar-refractivity contribution is -0.120. The summed E-state index contributed by atoms with van der Waals surface area (Å²) in [6.45, 7) is 1.72. The standard InChI is InChI=1S/C12H13Cl2N5O/c1-8(16-14)12(20)5-2-9-6-10(13)3-4-11(9)19-7-15-17-18-19/h3-4,6-8,16H,2,5H2,1H3/t8-/m0/s1. The molecule has 2 aromatic rings. The van der Waals surface area contributed by atoms with Crippen molar-refractivity contribution in [1.29, 1.82) is 0 Å². The number of rotatable bonds is 6. The van der Waals surface area contributed by atoms with Gasteiger partial charge in [0.2, 0.25) is 0 Å². The normalized spacial score (nSPS) is 12.3. The number of hydrogen-bond donors (Lipinski definition) is 1. The van der Waals surface area contributed by atoms with Gasteiger partial charge in [0.15, 0.2) is 5.78 Å². The lowest BCUT2D eigenvalue weighted by Gasteiger charge is -2.10. The summed E-state index contributed by atoms with van der Waals surface area (Å²) in [4.78, 5) is 14.2. The summed E-state index contributed by atoms with van der Waals surface area (Å²) in [5.74, 6) is 0.0302. The van der Waals surface area contributed by atoms with Crippen LogP contribution in [0.4, 0.5) is 0 Å². The zero-order valence-corrected chi connectivity index (χ0v) is 12.3. The van der Waals surface area contributed by atoms with Crippen LogP contribution in [0.15, 0.2) is 24.5 Å². The van der Waals surface area contributed by atoms with Gasteiger partial charge >= 0.3 is 0 Å². The Hall–Kier alpha value is -1.50. The third kappa shape index (κ3) is 3.53. The first kappa shape index (κ1) is 14.9. The van der Waals surface area contributed by atoms with Gasteiger partial charge in [-0.25, -0.2) is 9.52 Å². The first-order valence-corrected chi connectivity index (χ1v) is 6.78. The quantitative estimate of drug-likeness (QED) is 0.825. The van der Waals surface area contributed by atoms with Crippen LogP contribution in [-0.2, 0) is 11.2 Å². The summed E-state index contributed by atoms with van der Waals surface area (Å²) in [6.07, 6.45) is 2.39. The molecule has 1 N–H and O–H groups in total. The fraction of sp³-hybridized carbons (Fsp3) is 0.333. The maximum absolute atomic E-state index is 11.8. The number of carbonyl (C=O) groups excluding carboxylic acids is 1. The molecule has 8 heteroatoms. The van der Waals surface area contributed by atoms with Crippen molar-refractivity contribution in [1.82, 2.24) is 25.0 Å². The summed E-state index contributed by atoms with van der Waals surface area (Å²) in [5, 5.41) is 11.7. The molecule has 0 saturated heterocycles. The van der Waals surface area contributed by atoms with Crippen molar-refractivity contribution in [3.8, 4) is 5.69 Å². The minimum atomic E-state index is -0.382. The fourth-order valence-electron chi connectivity index (χ4n) is 1.78. The van der Waals surface area contributed by atoms with E-state index >= 15 is 0 Å². The molecule has 1 aromatic carbocycles. The fourth-order valence-corrected chi connectivity index (χ4v) is 2.10. The minimum Gasteiger partial charge on any atom is -0.298 e. The molecule has 0 amide bonds. The van der Waals surface area contributed by atoms with Crippen LogP contribution in [0.2, 0.25) is 5.02 Å². The maximum atomic E-state index is 11.8. The smallest absolute Gasteiger partial charge is 0.151 e. The first-order valence-electron chi connectivity index (χ1n) is 6.02. The van der Waals surface area contributed by atoms with Gasteiger partial charge in [-0.1, -0.05) is 11.6 Å². The van der Waals surface area contributed by atoms with Gasteiger partial charge < -0.3 is 0 Å². The highest BCUT2D eigenvalue weighted by molar-refractivity contribution is 6.30. The van der Waals surface area contributed by atoms with Crippen molar-refractivity contribution in [3.63, 3.8) is 0 Å². The molecule has 1 atom stereocenters. The number of Topliss-reactive ketones (excluding diaryl/α,β-unsaturated/α-hetero) is 1. The Morgan fingerprint density at radius 3 is 2.95 bits per heavy atom. The molecule has 0 bridgehead atoms. The van der Waals surface area contributed by atoms with Crippen LogP contribution in [0.1, 0.15) is 18.9 Å². The third-order valence-electron chi connectivity index (χ3n) is 2.92. The second-order valence-electron chi connectivity index (χ2n) is 4.32. The molecule has 0 aliphatic carbocycles. The van der Waals surface area contributed by atoms with E-state index in [9.17, 15) is 4.79 Å². The minimum absolute atomic E-state index is 0.0302. The molecule has 0 fully saturated rings. The second-order valence-corrected chi connectivity index (χ2v) is 4.98. The monoisotopic (exact) mass is 313 g/mol. The molecule has 0 saturated carbocycles. The highest BCUT2D eigenvalue weighted by atomic mass is 35.5. The van der Waals surface area contributed by atoms with E-state index in [-0.39, 0.29) is 11.8 Å². The van der Waals surface area contributed by atoms with Crippen molar-refractivity contribution in [2.75, 3.05) is 0 Å². The molecule has 2 rings (SSSR count). The Kier molecular flexibility index (Phi) is 5.05. The van der Waals surface area contributed by atoms with E-state index in [2.05, 4.69) is 20.4 Å². The number of benzene rings is 1. The van der Waals surface area contributed by atoms with Gasteiger partial charge in [-0.15, -0.1) is 5.10 Å². The molecular formula is C12H13Cl2N5O. The Morgan fingerprint density at radius 2 is 2.30 bits per heavy atom. The summed E-state index contributed by atoms with van der Waals surface area (Å²) in [6, 6.07) is 5.01. The highest BCUT2D eigenvalue weighted by Crippen LogP contribution is 2.20. The van der Waals surface area contributed by atoms with E-state index in [1.54, 1.807) is 17.7 Å². The summed E-state index contributed by atoms with van der Waals surface area (Å²) < 4.78 is 1.54. The molecule has 1 heterocycles. The van der Waals surface area contributed by atoms with E-state index in [4.69, 9.17) is 23.4 Å². The van der Waals surface area contributed by atoms with Gasteiger partial charge in [-0.3, -0.25) is 4.79 Å². The number of hydrogen-bond acceptors (Lipinski definition) is 5. The topological polar surface area (TPSA) is 72.7 Å². The molecular weight excluding hydrogens is 301 g/mol. The van der Waals surface area contributed by atoms with Crippen molar-refractivity contribution in [3.05, 3.63) is 35.1 Å². The van der Waals surface area contributed by atoms with E-state index in [0.29, 0.717) is 17.9 Å². The van der Waals surface area contributed by atoms with Crippen LogP contribution in [0, 0.1) is 0 Å². The van der Waals surface area contributed by atoms with Crippen LogP contribution < -0.4 is 4.84 Å². The zero-order valence-electron chi connectivity index (χ0n) is 10.8. The van der Waals surface area contributed by atoms with E-state index < -0.39 is 0 Å². The summed E-state index contributed by atoms with van der Waals surface area (Å²) >= 11 is 11.4. The van der Waals surface area contributed by atoms with Gasteiger partial charge in [0, 0.05) is 11.4 Å². The molecule has 1 aromatic heterocycles. The lowest BCUT2D eigenvalue weighted by Crippen LogP contribution is -2.27. The number of tetrazole rings is 1. The average Bonchev–Trinajstić information content (AvgIpc) is 2.97. The Morgan fingerprint density at radius 1 is 1.50 bits per heavy atom. The van der Waals surface area contributed by atoms with Gasteiger partial charge in [-0.2, -0.15) is 0 Å². The van der Waals surface area contributed by atoms with Crippen molar-refractivity contribution >= 4 is 29.2 Å². The van der Waals surface area contributed by atoms with Gasteiger partial charge in [0.1, 0.15) is 6.33 Å². The zero-order chi connectivity index (χ0) is 14.5. The van der Waals surface area contributed by atoms with Crippen LogP contribution >= 0.6 is 23.4 Å². The van der Waals surface area contributed by atoms with Crippen molar-refractivity contribution < 1.29 is 4.79 Å². The maximum Gasteiger partial charge on any atom is 0.151 e.